The van der Waals surface area contributed by atoms with Gasteiger partial charge in [0.05, 0.1) is 0 Å². The van der Waals surface area contributed by atoms with E-state index in [2.05, 4.69) is 0 Å². The van der Waals surface area contributed by atoms with Gasteiger partial charge in [-0.3, -0.25) is 9.59 Å². The Balaban J connectivity index is 0.00000225. The molecule has 0 aliphatic carbocycles. The number of hydrogen-bond donors (Lipinski definition) is 1. The fourth-order valence-electron chi connectivity index (χ4n) is 3.68. The van der Waals surface area contributed by atoms with E-state index in [0.717, 1.165) is 18.5 Å². The van der Waals surface area contributed by atoms with Gasteiger partial charge in [0.2, 0.25) is 11.8 Å². The second-order valence-electron chi connectivity index (χ2n) is 6.83. The molecular weight excluding hydrogens is 361 g/mol. The van der Waals surface area contributed by atoms with E-state index >= 15 is 0 Å². The van der Waals surface area contributed by atoms with Crippen LogP contribution in [0.15, 0.2) is 24.3 Å². The summed E-state index contributed by atoms with van der Waals surface area (Å²) in [6, 6.07) is 7.37. The van der Waals surface area contributed by atoms with E-state index in [9.17, 15) is 9.59 Å². The van der Waals surface area contributed by atoms with E-state index < -0.39 is 5.92 Å². The molecule has 0 bridgehead atoms. The van der Waals surface area contributed by atoms with Gasteiger partial charge >= 0.3 is 0 Å². The van der Waals surface area contributed by atoms with Gasteiger partial charge in [-0.05, 0) is 50.3 Å². The highest BCUT2D eigenvalue weighted by Gasteiger charge is 2.40. The molecule has 7 heteroatoms. The molecule has 2 N–H and O–H groups in total. The molecule has 2 aliphatic rings. The summed E-state index contributed by atoms with van der Waals surface area (Å²) in [5.41, 5.74) is 6.72. The second kappa shape index (κ2) is 8.39. The third-order valence-electron chi connectivity index (χ3n) is 5.22. The van der Waals surface area contributed by atoms with Crippen LogP contribution in [0.2, 0.25) is 5.02 Å². The van der Waals surface area contributed by atoms with Crippen molar-refractivity contribution in [1.82, 2.24) is 4.90 Å². The lowest BCUT2D eigenvalue weighted by atomic mass is 9.90. The Kier molecular flexibility index (Phi) is 6.72. The number of carbonyl (C=O) groups excluding carboxylic acids is 2. The van der Waals surface area contributed by atoms with Crippen LogP contribution in [0.4, 0.5) is 5.69 Å². The standard InChI is InChI=1S/C18H24ClN3O2.ClH/c1-12(20)13-5-8-21(9-6-13)17(23)16-7-10-22(18(16)24)15-4-2-3-14(19)11-15;/h2-4,11-13,16H,5-10,20H2,1H3;1H. The normalized spacial score (nSPS) is 22.7. The number of rotatable bonds is 3. The third-order valence-corrected chi connectivity index (χ3v) is 5.45. The zero-order valence-electron chi connectivity index (χ0n) is 14.4. The molecular formula is C18H25Cl2N3O2. The monoisotopic (exact) mass is 385 g/mol. The second-order valence-corrected chi connectivity index (χ2v) is 7.27. The van der Waals surface area contributed by atoms with Crippen molar-refractivity contribution >= 4 is 41.5 Å². The predicted octanol–water partition coefficient (Wildman–Crippen LogP) is 2.70. The van der Waals surface area contributed by atoms with Gasteiger partial charge in [-0.15, -0.1) is 12.4 Å². The van der Waals surface area contributed by atoms with Crippen molar-refractivity contribution in [3.8, 4) is 0 Å². The third kappa shape index (κ3) is 4.27. The van der Waals surface area contributed by atoms with Crippen LogP contribution < -0.4 is 10.6 Å². The van der Waals surface area contributed by atoms with E-state index in [4.69, 9.17) is 17.3 Å². The number of benzene rings is 1. The summed E-state index contributed by atoms with van der Waals surface area (Å²) in [7, 11) is 0. The fraction of sp³-hybridized carbons (Fsp3) is 0.556. The van der Waals surface area contributed by atoms with Crippen LogP contribution in [0, 0.1) is 11.8 Å². The molecule has 2 atom stereocenters. The Morgan fingerprint density at radius 2 is 1.92 bits per heavy atom. The van der Waals surface area contributed by atoms with Gasteiger partial charge in [0, 0.05) is 36.4 Å². The summed E-state index contributed by atoms with van der Waals surface area (Å²) in [5, 5.41) is 0.591. The lowest BCUT2D eigenvalue weighted by molar-refractivity contribution is -0.141. The number of piperidine rings is 1. The lowest BCUT2D eigenvalue weighted by Crippen LogP contribution is -2.46. The molecule has 2 amide bonds. The molecule has 0 saturated carbocycles. The number of nitrogens with two attached hydrogens (primary N) is 1. The molecule has 0 spiro atoms. The zero-order valence-corrected chi connectivity index (χ0v) is 15.9. The Morgan fingerprint density at radius 3 is 2.52 bits per heavy atom. The highest BCUT2D eigenvalue weighted by Crippen LogP contribution is 2.29. The Bertz CT molecular complexity index is 631. The van der Waals surface area contributed by atoms with Crippen molar-refractivity contribution < 1.29 is 9.59 Å². The zero-order chi connectivity index (χ0) is 17.3. The summed E-state index contributed by atoms with van der Waals surface area (Å²) in [4.78, 5) is 28.9. The smallest absolute Gasteiger partial charge is 0.239 e. The largest absolute Gasteiger partial charge is 0.342 e. The molecule has 1 aromatic rings. The molecule has 3 rings (SSSR count). The molecule has 0 aromatic heterocycles. The molecule has 5 nitrogen and oxygen atoms in total. The number of anilines is 1. The SMILES string of the molecule is CC(N)C1CCN(C(=O)C2CCN(c3cccc(Cl)c3)C2=O)CC1.Cl. The highest BCUT2D eigenvalue weighted by atomic mass is 35.5. The van der Waals surface area contributed by atoms with Crippen molar-refractivity contribution in [1.29, 1.82) is 0 Å². The number of hydrogen-bond acceptors (Lipinski definition) is 3. The first-order valence-corrected chi connectivity index (χ1v) is 8.96. The van der Waals surface area contributed by atoms with Gasteiger partial charge in [-0.1, -0.05) is 17.7 Å². The number of carbonyl (C=O) groups is 2. The van der Waals surface area contributed by atoms with Crippen LogP contribution in [-0.4, -0.2) is 42.4 Å². The maximum Gasteiger partial charge on any atom is 0.239 e. The fourth-order valence-corrected chi connectivity index (χ4v) is 3.86. The van der Waals surface area contributed by atoms with E-state index in [1.54, 1.807) is 17.0 Å². The highest BCUT2D eigenvalue weighted by molar-refractivity contribution is 6.31. The summed E-state index contributed by atoms with van der Waals surface area (Å²) < 4.78 is 0. The first-order valence-electron chi connectivity index (χ1n) is 8.58. The predicted molar refractivity (Wildman–Crippen MR) is 102 cm³/mol. The van der Waals surface area contributed by atoms with Gasteiger partial charge in [0.15, 0.2) is 0 Å². The van der Waals surface area contributed by atoms with E-state index in [0.29, 0.717) is 37.0 Å². The van der Waals surface area contributed by atoms with Crippen molar-refractivity contribution in [2.45, 2.75) is 32.2 Å². The first-order chi connectivity index (χ1) is 11.5. The van der Waals surface area contributed by atoms with Gasteiger partial charge in [-0.2, -0.15) is 0 Å². The molecule has 2 heterocycles. The van der Waals surface area contributed by atoms with E-state index in [-0.39, 0.29) is 30.3 Å². The minimum atomic E-state index is -0.559. The number of nitrogens with zero attached hydrogens (tertiary/aromatic N) is 2. The molecule has 2 saturated heterocycles. The molecule has 25 heavy (non-hydrogen) atoms. The van der Waals surface area contributed by atoms with Crippen LogP contribution in [-0.2, 0) is 9.59 Å². The summed E-state index contributed by atoms with van der Waals surface area (Å²) in [6.07, 6.45) is 2.40. The molecule has 2 unspecified atom stereocenters. The number of amides is 2. The van der Waals surface area contributed by atoms with E-state index in [1.165, 1.54) is 0 Å². The quantitative estimate of drug-likeness (QED) is 0.813. The summed E-state index contributed by atoms with van der Waals surface area (Å²) >= 11 is 6.01. The number of likely N-dealkylation sites (tertiary alicyclic amines) is 1. The number of halogens is 2. The minimum absolute atomic E-state index is 0. The van der Waals surface area contributed by atoms with Crippen molar-refractivity contribution in [2.75, 3.05) is 24.5 Å². The van der Waals surface area contributed by atoms with Crippen molar-refractivity contribution in [3.63, 3.8) is 0 Å². The van der Waals surface area contributed by atoms with Gasteiger partial charge in [-0.25, -0.2) is 0 Å². The first kappa shape index (κ1) is 20.0. The maximum absolute atomic E-state index is 12.8. The average Bonchev–Trinajstić information content (AvgIpc) is 2.96. The Morgan fingerprint density at radius 1 is 1.24 bits per heavy atom. The topological polar surface area (TPSA) is 66.6 Å². The van der Waals surface area contributed by atoms with E-state index in [1.807, 2.05) is 24.0 Å². The van der Waals surface area contributed by atoms with Crippen LogP contribution in [0.25, 0.3) is 0 Å². The van der Waals surface area contributed by atoms with Gasteiger partial charge in [0.1, 0.15) is 5.92 Å². The van der Waals surface area contributed by atoms with Gasteiger partial charge < -0.3 is 15.5 Å². The minimum Gasteiger partial charge on any atom is -0.342 e. The maximum atomic E-state index is 12.8. The lowest BCUT2D eigenvalue weighted by Gasteiger charge is -2.34. The van der Waals surface area contributed by atoms with Crippen LogP contribution >= 0.6 is 24.0 Å². The Hall–Kier alpha value is -1.30. The summed E-state index contributed by atoms with van der Waals surface area (Å²) in [6.45, 7) is 3.98. The van der Waals surface area contributed by atoms with Crippen molar-refractivity contribution in [2.24, 2.45) is 17.6 Å². The molecule has 138 valence electrons. The van der Waals surface area contributed by atoms with Gasteiger partial charge in [0.25, 0.3) is 0 Å². The van der Waals surface area contributed by atoms with Crippen LogP contribution in [0.5, 0.6) is 0 Å². The van der Waals surface area contributed by atoms with Crippen molar-refractivity contribution in [3.05, 3.63) is 29.3 Å². The molecule has 1 aromatic carbocycles. The van der Waals surface area contributed by atoms with Crippen LogP contribution in [0.3, 0.4) is 0 Å². The van der Waals surface area contributed by atoms with Crippen LogP contribution in [0.1, 0.15) is 26.2 Å². The summed E-state index contributed by atoms with van der Waals surface area (Å²) in [5.74, 6) is -0.239. The average molecular weight is 386 g/mol. The molecule has 2 aliphatic heterocycles. The molecule has 2 fully saturated rings. The Labute approximate surface area is 159 Å². The molecule has 0 radical (unpaired) electrons.